The topological polar surface area (TPSA) is 77.8 Å². The van der Waals surface area contributed by atoms with E-state index in [0.717, 1.165) is 0 Å². The molecule has 0 heterocycles. The number of carboxylic acid groups (broad SMARTS) is 1. The molecular weight excluding hydrogens is 156 g/mol. The molecule has 4 nitrogen and oxygen atoms in total. The Balaban J connectivity index is 0. The minimum absolute atomic E-state index is 0. The second kappa shape index (κ2) is 5.05. The van der Waals surface area contributed by atoms with Gasteiger partial charge in [0, 0.05) is 17.1 Å². The Labute approximate surface area is 56.6 Å². The van der Waals surface area contributed by atoms with Gasteiger partial charge in [-0.25, -0.2) is 0 Å². The van der Waals surface area contributed by atoms with Crippen LogP contribution in [0.25, 0.3) is 0 Å². The monoisotopic (exact) mass is 162 g/mol. The summed E-state index contributed by atoms with van der Waals surface area (Å²) < 4.78 is 0. The average Bonchev–Trinajstić information content (AvgIpc) is 1.27. The van der Waals surface area contributed by atoms with Crippen LogP contribution in [0.5, 0.6) is 0 Å². The van der Waals surface area contributed by atoms with E-state index in [1.807, 2.05) is 0 Å². The van der Waals surface area contributed by atoms with Crippen molar-refractivity contribution in [3.05, 3.63) is 0 Å². The number of aliphatic carboxylic acids is 1. The third kappa shape index (κ3) is 9.32. The molecule has 0 rings (SSSR count). The van der Waals surface area contributed by atoms with E-state index in [0.29, 0.717) is 0 Å². The van der Waals surface area contributed by atoms with Crippen molar-refractivity contribution >= 4 is 5.97 Å². The van der Waals surface area contributed by atoms with E-state index in [9.17, 15) is 4.79 Å². The van der Waals surface area contributed by atoms with E-state index < -0.39 is 18.7 Å². The molecule has 0 aliphatic heterocycles. The Morgan fingerprint density at radius 2 is 1.88 bits per heavy atom. The molecule has 3 N–H and O–H groups in total. The first-order chi connectivity index (χ1) is 3.13. The number of hydrogen-bond acceptors (Lipinski definition) is 3. The Hall–Kier alpha value is -0.0905. The van der Waals surface area contributed by atoms with Crippen molar-refractivity contribution < 1.29 is 37.2 Å². The van der Waals surface area contributed by atoms with Crippen LogP contribution >= 0.6 is 0 Å². The minimum Gasteiger partial charge on any atom is -0.481 e. The third-order valence-corrected chi connectivity index (χ3v) is 0.357. The molecule has 0 aliphatic rings. The van der Waals surface area contributed by atoms with Crippen molar-refractivity contribution in [1.29, 1.82) is 0 Å². The summed E-state index contributed by atoms with van der Waals surface area (Å²) in [5.41, 5.74) is 0. The van der Waals surface area contributed by atoms with E-state index in [2.05, 4.69) is 0 Å². The molecule has 0 amide bonds. The summed E-state index contributed by atoms with van der Waals surface area (Å²) >= 11 is 0. The molecular formula is C3H6FeO4. The predicted octanol–water partition coefficient (Wildman–Crippen LogP) is -1.23. The molecule has 0 radical (unpaired) electrons. The molecule has 0 aliphatic carbocycles. The number of aliphatic hydroxyl groups excluding tert-OH is 1. The number of carboxylic acids is 1. The van der Waals surface area contributed by atoms with Crippen LogP contribution in [0.3, 0.4) is 0 Å². The Kier molecular flexibility index (Phi) is 6.83. The largest absolute Gasteiger partial charge is 0.481 e. The van der Waals surface area contributed by atoms with Crippen LogP contribution in [0.4, 0.5) is 0 Å². The molecule has 0 spiro atoms. The van der Waals surface area contributed by atoms with Gasteiger partial charge in [0.15, 0.2) is 6.29 Å². The number of carbonyl (C=O) groups is 1. The van der Waals surface area contributed by atoms with E-state index in [1.165, 1.54) is 0 Å². The van der Waals surface area contributed by atoms with Gasteiger partial charge in [0.25, 0.3) is 0 Å². The minimum atomic E-state index is -1.72. The Morgan fingerprint density at radius 1 is 1.50 bits per heavy atom. The molecule has 0 saturated heterocycles. The molecule has 5 heteroatoms. The van der Waals surface area contributed by atoms with Crippen molar-refractivity contribution in [2.45, 2.75) is 12.7 Å². The summed E-state index contributed by atoms with van der Waals surface area (Å²) in [5, 5.41) is 23.6. The molecule has 0 aromatic rings. The number of hydrogen-bond donors (Lipinski definition) is 3. The molecule has 0 aromatic heterocycles. The van der Waals surface area contributed by atoms with Crippen LogP contribution in [0.15, 0.2) is 0 Å². The molecule has 0 fully saturated rings. The van der Waals surface area contributed by atoms with E-state index in [1.54, 1.807) is 0 Å². The summed E-state index contributed by atoms with van der Waals surface area (Å²) in [7, 11) is 0. The quantitative estimate of drug-likeness (QED) is 0.350. The number of aliphatic hydroxyl groups is 2. The van der Waals surface area contributed by atoms with Gasteiger partial charge in [-0.2, -0.15) is 0 Å². The fourth-order valence-electron chi connectivity index (χ4n) is 0.156. The molecule has 0 bridgehead atoms. The zero-order valence-electron chi connectivity index (χ0n) is 3.89. The van der Waals surface area contributed by atoms with E-state index in [4.69, 9.17) is 15.3 Å². The van der Waals surface area contributed by atoms with Gasteiger partial charge in [0.05, 0.1) is 6.42 Å². The van der Waals surface area contributed by atoms with Crippen LogP contribution in [0.2, 0.25) is 0 Å². The second-order valence-electron chi connectivity index (χ2n) is 1.08. The van der Waals surface area contributed by atoms with Crippen molar-refractivity contribution in [3.63, 3.8) is 0 Å². The Morgan fingerprint density at radius 3 is 1.88 bits per heavy atom. The first-order valence-corrected chi connectivity index (χ1v) is 1.71. The van der Waals surface area contributed by atoms with Crippen molar-refractivity contribution in [2.24, 2.45) is 0 Å². The zero-order valence-corrected chi connectivity index (χ0v) is 4.99. The summed E-state index contributed by atoms with van der Waals surface area (Å²) in [6.07, 6.45) is -2.34. The van der Waals surface area contributed by atoms with Gasteiger partial charge in [0.1, 0.15) is 0 Å². The predicted molar refractivity (Wildman–Crippen MR) is 20.5 cm³/mol. The van der Waals surface area contributed by atoms with Gasteiger partial charge in [-0.3, -0.25) is 4.79 Å². The maximum absolute atomic E-state index is 9.49. The second-order valence-corrected chi connectivity index (χ2v) is 1.08. The van der Waals surface area contributed by atoms with Gasteiger partial charge >= 0.3 is 5.97 Å². The van der Waals surface area contributed by atoms with E-state index >= 15 is 0 Å². The van der Waals surface area contributed by atoms with Crippen LogP contribution in [0.1, 0.15) is 6.42 Å². The maximum Gasteiger partial charge on any atom is 0.308 e. The van der Waals surface area contributed by atoms with Crippen molar-refractivity contribution in [3.8, 4) is 0 Å². The summed E-state index contributed by atoms with van der Waals surface area (Å²) in [4.78, 5) is 9.49. The van der Waals surface area contributed by atoms with E-state index in [-0.39, 0.29) is 17.1 Å². The Bertz CT molecular complexity index is 71.7. The summed E-state index contributed by atoms with van der Waals surface area (Å²) in [6, 6.07) is 0. The SMILES string of the molecule is O=C(O)CC(O)O.[Fe]. The zero-order chi connectivity index (χ0) is 5.86. The summed E-state index contributed by atoms with van der Waals surface area (Å²) in [5.74, 6) is -1.21. The van der Waals surface area contributed by atoms with Crippen LogP contribution in [0, 0.1) is 0 Å². The molecule has 0 aromatic carbocycles. The van der Waals surface area contributed by atoms with Gasteiger partial charge in [-0.1, -0.05) is 0 Å². The average molecular weight is 162 g/mol. The maximum atomic E-state index is 9.49. The normalized spacial score (nSPS) is 8.38. The molecule has 50 valence electrons. The van der Waals surface area contributed by atoms with Crippen LogP contribution < -0.4 is 0 Å². The summed E-state index contributed by atoms with van der Waals surface area (Å²) in [6.45, 7) is 0. The fraction of sp³-hybridized carbons (Fsp3) is 0.667. The van der Waals surface area contributed by atoms with Crippen molar-refractivity contribution in [1.82, 2.24) is 0 Å². The molecule has 0 unspecified atom stereocenters. The molecule has 0 atom stereocenters. The van der Waals surface area contributed by atoms with Gasteiger partial charge < -0.3 is 15.3 Å². The standard InChI is InChI=1S/C3H6O4.Fe/c4-2(5)1-3(6)7;/h2,4-5H,1H2,(H,6,7);. The molecule has 0 saturated carbocycles. The molecule has 8 heavy (non-hydrogen) atoms. The van der Waals surface area contributed by atoms with Gasteiger partial charge in [-0.15, -0.1) is 0 Å². The fourth-order valence-corrected chi connectivity index (χ4v) is 0.156. The first kappa shape index (κ1) is 10.8. The smallest absolute Gasteiger partial charge is 0.308 e. The number of rotatable bonds is 2. The third-order valence-electron chi connectivity index (χ3n) is 0.357. The van der Waals surface area contributed by atoms with Gasteiger partial charge in [-0.05, 0) is 0 Å². The van der Waals surface area contributed by atoms with Gasteiger partial charge in [0.2, 0.25) is 0 Å². The first-order valence-electron chi connectivity index (χ1n) is 1.71. The van der Waals surface area contributed by atoms with Crippen molar-refractivity contribution in [2.75, 3.05) is 0 Å². The van der Waals surface area contributed by atoms with Crippen LogP contribution in [-0.2, 0) is 21.9 Å². The van der Waals surface area contributed by atoms with Crippen LogP contribution in [-0.4, -0.2) is 27.6 Å².